The fourth-order valence-corrected chi connectivity index (χ4v) is 3.24. The zero-order valence-corrected chi connectivity index (χ0v) is 14.0. The van der Waals surface area contributed by atoms with Gasteiger partial charge in [-0.25, -0.2) is 0 Å². The summed E-state index contributed by atoms with van der Waals surface area (Å²) in [5, 5.41) is 9.20. The lowest BCUT2D eigenvalue weighted by Crippen LogP contribution is -2.14. The van der Waals surface area contributed by atoms with Gasteiger partial charge in [0, 0.05) is 24.1 Å². The first-order chi connectivity index (χ1) is 10.2. The number of aromatic nitrogens is 2. The van der Waals surface area contributed by atoms with Gasteiger partial charge in [0.2, 0.25) is 0 Å². The molecule has 0 aliphatic heterocycles. The minimum Gasteiger partial charge on any atom is -0.497 e. The Hall–Kier alpha value is -1.46. The minimum absolute atomic E-state index is 0.861. The number of aryl methyl sites for hydroxylation is 2. The van der Waals surface area contributed by atoms with Crippen molar-refractivity contribution in [2.45, 2.75) is 36.7 Å². The molecule has 1 heterocycles. The highest BCUT2D eigenvalue weighted by Gasteiger charge is 2.14. The molecule has 0 saturated heterocycles. The van der Waals surface area contributed by atoms with Crippen LogP contribution in [0, 0.1) is 6.92 Å². The molecular formula is C16H23N3OS. The monoisotopic (exact) mass is 305 g/mol. The van der Waals surface area contributed by atoms with Crippen molar-refractivity contribution in [3.05, 3.63) is 35.5 Å². The lowest BCUT2D eigenvalue weighted by Gasteiger charge is -2.08. The molecular weight excluding hydrogens is 282 g/mol. The van der Waals surface area contributed by atoms with Crippen molar-refractivity contribution in [2.75, 3.05) is 13.7 Å². The molecule has 0 bridgehead atoms. The van der Waals surface area contributed by atoms with E-state index in [0.717, 1.165) is 35.8 Å². The van der Waals surface area contributed by atoms with E-state index in [9.17, 15) is 0 Å². The Kier molecular flexibility index (Phi) is 5.70. The molecule has 114 valence electrons. The second-order valence-electron chi connectivity index (χ2n) is 4.95. The Morgan fingerprint density at radius 3 is 2.90 bits per heavy atom. The Morgan fingerprint density at radius 2 is 2.19 bits per heavy atom. The number of methoxy groups -OCH3 is 1. The summed E-state index contributed by atoms with van der Waals surface area (Å²) in [6.45, 7) is 6.13. The normalized spacial score (nSPS) is 10.9. The standard InChI is InChI=1S/C16H23N3OS/c1-5-9-17-11-15-12(2)18-19(3)16(15)21-14-8-6-7-13(10-14)20-4/h6-8,10,17H,5,9,11H2,1-4H3. The maximum absolute atomic E-state index is 5.29. The fraction of sp³-hybridized carbons (Fsp3) is 0.438. The highest BCUT2D eigenvalue weighted by Crippen LogP contribution is 2.33. The molecule has 2 aromatic rings. The number of hydrogen-bond acceptors (Lipinski definition) is 4. The van der Waals surface area contributed by atoms with Gasteiger partial charge in [0.15, 0.2) is 0 Å². The summed E-state index contributed by atoms with van der Waals surface area (Å²) in [5.74, 6) is 0.879. The van der Waals surface area contributed by atoms with E-state index in [4.69, 9.17) is 4.74 Å². The van der Waals surface area contributed by atoms with Gasteiger partial charge in [-0.15, -0.1) is 0 Å². The largest absolute Gasteiger partial charge is 0.497 e. The van der Waals surface area contributed by atoms with E-state index in [1.54, 1.807) is 18.9 Å². The molecule has 1 N–H and O–H groups in total. The van der Waals surface area contributed by atoms with Crippen LogP contribution in [0.15, 0.2) is 34.2 Å². The van der Waals surface area contributed by atoms with Crippen molar-refractivity contribution in [1.82, 2.24) is 15.1 Å². The van der Waals surface area contributed by atoms with Crippen LogP contribution >= 0.6 is 11.8 Å². The van der Waals surface area contributed by atoms with E-state index in [2.05, 4.69) is 36.4 Å². The molecule has 5 heteroatoms. The van der Waals surface area contributed by atoms with Crippen molar-refractivity contribution in [1.29, 1.82) is 0 Å². The maximum Gasteiger partial charge on any atom is 0.119 e. The van der Waals surface area contributed by atoms with Gasteiger partial charge in [-0.1, -0.05) is 24.8 Å². The van der Waals surface area contributed by atoms with Crippen LogP contribution in [-0.2, 0) is 13.6 Å². The SMILES string of the molecule is CCCNCc1c(C)nn(C)c1Sc1cccc(OC)c1. The van der Waals surface area contributed by atoms with E-state index in [1.165, 1.54) is 10.6 Å². The van der Waals surface area contributed by atoms with Crippen LogP contribution in [0.3, 0.4) is 0 Å². The lowest BCUT2D eigenvalue weighted by molar-refractivity contribution is 0.413. The molecule has 4 nitrogen and oxygen atoms in total. The predicted octanol–water partition coefficient (Wildman–Crippen LogP) is 3.39. The van der Waals surface area contributed by atoms with Crippen LogP contribution in [0.1, 0.15) is 24.6 Å². The summed E-state index contributed by atoms with van der Waals surface area (Å²) in [6.07, 6.45) is 1.14. The van der Waals surface area contributed by atoms with Crippen molar-refractivity contribution in [3.63, 3.8) is 0 Å². The summed E-state index contributed by atoms with van der Waals surface area (Å²) in [6, 6.07) is 8.12. The van der Waals surface area contributed by atoms with Crippen LogP contribution in [-0.4, -0.2) is 23.4 Å². The zero-order chi connectivity index (χ0) is 15.2. The van der Waals surface area contributed by atoms with Crippen LogP contribution in [0.25, 0.3) is 0 Å². The minimum atomic E-state index is 0.861. The molecule has 0 saturated carbocycles. The van der Waals surface area contributed by atoms with Crippen molar-refractivity contribution in [3.8, 4) is 5.75 Å². The number of rotatable bonds is 7. The average molecular weight is 305 g/mol. The Balaban J connectivity index is 2.21. The zero-order valence-electron chi connectivity index (χ0n) is 13.1. The van der Waals surface area contributed by atoms with Crippen LogP contribution < -0.4 is 10.1 Å². The molecule has 0 aliphatic carbocycles. The molecule has 0 spiro atoms. The van der Waals surface area contributed by atoms with Crippen molar-refractivity contribution >= 4 is 11.8 Å². The van der Waals surface area contributed by atoms with E-state index in [-0.39, 0.29) is 0 Å². The number of nitrogens with one attached hydrogen (secondary N) is 1. The second kappa shape index (κ2) is 7.52. The third-order valence-corrected chi connectivity index (χ3v) is 4.47. The van der Waals surface area contributed by atoms with Crippen LogP contribution in [0.2, 0.25) is 0 Å². The van der Waals surface area contributed by atoms with Crippen molar-refractivity contribution < 1.29 is 4.74 Å². The molecule has 1 aromatic heterocycles. The van der Waals surface area contributed by atoms with Gasteiger partial charge in [0.05, 0.1) is 12.8 Å². The molecule has 0 aliphatic rings. The van der Waals surface area contributed by atoms with Crippen LogP contribution in [0.5, 0.6) is 5.75 Å². The quantitative estimate of drug-likeness (QED) is 0.796. The summed E-state index contributed by atoms with van der Waals surface area (Å²) in [7, 11) is 3.69. The third kappa shape index (κ3) is 4.02. The highest BCUT2D eigenvalue weighted by atomic mass is 32.2. The summed E-state index contributed by atoms with van der Waals surface area (Å²) < 4.78 is 7.25. The average Bonchev–Trinajstić information content (AvgIpc) is 2.74. The molecule has 0 atom stereocenters. The Morgan fingerprint density at radius 1 is 1.38 bits per heavy atom. The Labute approximate surface area is 130 Å². The molecule has 0 radical (unpaired) electrons. The molecule has 0 unspecified atom stereocenters. The molecule has 0 amide bonds. The number of nitrogens with zero attached hydrogens (tertiary/aromatic N) is 2. The predicted molar refractivity (Wildman–Crippen MR) is 87.1 cm³/mol. The molecule has 0 fully saturated rings. The van der Waals surface area contributed by atoms with Gasteiger partial charge in [0.1, 0.15) is 10.8 Å². The van der Waals surface area contributed by atoms with Crippen molar-refractivity contribution in [2.24, 2.45) is 7.05 Å². The van der Waals surface area contributed by atoms with Gasteiger partial charge in [-0.2, -0.15) is 5.10 Å². The van der Waals surface area contributed by atoms with E-state index < -0.39 is 0 Å². The van der Waals surface area contributed by atoms with Crippen LogP contribution in [0.4, 0.5) is 0 Å². The molecule has 1 aromatic carbocycles. The second-order valence-corrected chi connectivity index (χ2v) is 6.01. The molecule has 21 heavy (non-hydrogen) atoms. The first-order valence-electron chi connectivity index (χ1n) is 7.20. The first kappa shape index (κ1) is 15.9. The summed E-state index contributed by atoms with van der Waals surface area (Å²) in [4.78, 5) is 1.16. The fourth-order valence-electron chi connectivity index (χ4n) is 2.18. The van der Waals surface area contributed by atoms with Gasteiger partial charge in [-0.3, -0.25) is 4.68 Å². The summed E-state index contributed by atoms with van der Waals surface area (Å²) in [5.41, 5.74) is 2.37. The Bertz CT molecular complexity index is 595. The lowest BCUT2D eigenvalue weighted by atomic mass is 10.2. The van der Waals surface area contributed by atoms with E-state index in [0.29, 0.717) is 0 Å². The van der Waals surface area contributed by atoms with Gasteiger partial charge in [0.25, 0.3) is 0 Å². The topological polar surface area (TPSA) is 39.1 Å². The number of hydrogen-bond donors (Lipinski definition) is 1. The maximum atomic E-state index is 5.29. The third-order valence-electron chi connectivity index (χ3n) is 3.27. The number of benzene rings is 1. The number of ether oxygens (including phenoxy) is 1. The van der Waals surface area contributed by atoms with Gasteiger partial charge >= 0.3 is 0 Å². The van der Waals surface area contributed by atoms with E-state index in [1.807, 2.05) is 23.9 Å². The first-order valence-corrected chi connectivity index (χ1v) is 8.02. The highest BCUT2D eigenvalue weighted by molar-refractivity contribution is 7.99. The van der Waals surface area contributed by atoms with Gasteiger partial charge < -0.3 is 10.1 Å². The smallest absolute Gasteiger partial charge is 0.119 e. The molecule has 2 rings (SSSR count). The van der Waals surface area contributed by atoms with Gasteiger partial charge in [-0.05, 0) is 38.1 Å². The van der Waals surface area contributed by atoms with E-state index >= 15 is 0 Å². The summed E-state index contributed by atoms with van der Waals surface area (Å²) >= 11 is 1.73.